The Labute approximate surface area is 74.3 Å². The van der Waals surface area contributed by atoms with Crippen LogP contribution < -0.4 is 11.3 Å². The molecule has 0 radical (unpaired) electrons. The van der Waals surface area contributed by atoms with Gasteiger partial charge in [-0.2, -0.15) is 0 Å². The van der Waals surface area contributed by atoms with Crippen LogP contribution in [0.3, 0.4) is 0 Å². The summed E-state index contributed by atoms with van der Waals surface area (Å²) in [5.41, 5.74) is 2.92. The molecule has 0 saturated carbocycles. The molecule has 2 bridgehead atoms. The monoisotopic (exact) mass is 169 g/mol. The number of piperidine rings is 1. The summed E-state index contributed by atoms with van der Waals surface area (Å²) in [5, 5.41) is 0. The smallest absolute Gasteiger partial charge is 0.0240 e. The highest BCUT2D eigenvalue weighted by molar-refractivity contribution is 4.96. The molecule has 0 aromatic carbocycles. The molecular weight excluding hydrogens is 150 g/mol. The van der Waals surface area contributed by atoms with E-state index in [-0.39, 0.29) is 0 Å². The van der Waals surface area contributed by atoms with Crippen LogP contribution in [-0.4, -0.2) is 29.6 Å². The van der Waals surface area contributed by atoms with Gasteiger partial charge in [-0.3, -0.25) is 16.2 Å². The van der Waals surface area contributed by atoms with Gasteiger partial charge in [0.15, 0.2) is 0 Å². The number of hydrogen-bond acceptors (Lipinski definition) is 3. The van der Waals surface area contributed by atoms with E-state index in [2.05, 4.69) is 17.2 Å². The lowest BCUT2D eigenvalue weighted by Gasteiger charge is -2.37. The Balaban J connectivity index is 2.01. The Bertz CT molecular complexity index is 146. The van der Waals surface area contributed by atoms with Gasteiger partial charge in [0.2, 0.25) is 0 Å². The molecule has 3 nitrogen and oxygen atoms in total. The molecule has 0 spiro atoms. The minimum Gasteiger partial charge on any atom is -0.298 e. The van der Waals surface area contributed by atoms with Gasteiger partial charge in [-0.25, -0.2) is 0 Å². The number of hydrogen-bond donors (Lipinski definition) is 2. The fraction of sp³-hybridized carbons (Fsp3) is 1.00. The van der Waals surface area contributed by atoms with Crippen LogP contribution >= 0.6 is 0 Å². The van der Waals surface area contributed by atoms with Crippen molar-refractivity contribution in [2.75, 3.05) is 6.54 Å². The fourth-order valence-electron chi connectivity index (χ4n) is 2.93. The average Bonchev–Trinajstić information content (AvgIpc) is 2.35. The van der Waals surface area contributed by atoms with Crippen LogP contribution in [0.4, 0.5) is 0 Å². The Kier molecular flexibility index (Phi) is 2.35. The van der Waals surface area contributed by atoms with Crippen LogP contribution in [0.5, 0.6) is 0 Å². The molecule has 0 aliphatic carbocycles. The largest absolute Gasteiger partial charge is 0.298 e. The van der Waals surface area contributed by atoms with Crippen molar-refractivity contribution in [2.45, 2.75) is 50.7 Å². The van der Waals surface area contributed by atoms with E-state index in [0.717, 1.165) is 12.1 Å². The number of hydrazine groups is 1. The molecule has 2 aliphatic heterocycles. The summed E-state index contributed by atoms with van der Waals surface area (Å²) >= 11 is 0. The maximum Gasteiger partial charge on any atom is 0.0240 e. The standard InChI is InChI=1S/C9H19N3/c1-2-12-8-3-4-9(12)6-7(5-8)11-10/h7-9,11H,2-6,10H2,1H3. The first-order chi connectivity index (χ1) is 5.85. The van der Waals surface area contributed by atoms with Gasteiger partial charge in [0, 0.05) is 18.1 Å². The van der Waals surface area contributed by atoms with E-state index in [4.69, 9.17) is 5.84 Å². The minimum atomic E-state index is 0.574. The van der Waals surface area contributed by atoms with E-state index in [0.29, 0.717) is 6.04 Å². The predicted octanol–water partition coefficient (Wildman–Crippen LogP) is 0.465. The van der Waals surface area contributed by atoms with E-state index in [1.54, 1.807) is 0 Å². The molecule has 3 N–H and O–H groups in total. The van der Waals surface area contributed by atoms with E-state index in [1.165, 1.54) is 32.2 Å². The summed E-state index contributed by atoms with van der Waals surface area (Å²) in [6.45, 7) is 3.48. The number of rotatable bonds is 2. The van der Waals surface area contributed by atoms with Gasteiger partial charge < -0.3 is 0 Å². The Hall–Kier alpha value is -0.120. The topological polar surface area (TPSA) is 41.3 Å². The molecule has 2 fully saturated rings. The number of fused-ring (bicyclic) bond motifs is 2. The molecule has 0 aromatic heterocycles. The van der Waals surface area contributed by atoms with Crippen LogP contribution in [0.25, 0.3) is 0 Å². The van der Waals surface area contributed by atoms with E-state index < -0.39 is 0 Å². The summed E-state index contributed by atoms with van der Waals surface area (Å²) in [4.78, 5) is 2.65. The van der Waals surface area contributed by atoms with E-state index in [1.807, 2.05) is 0 Å². The second kappa shape index (κ2) is 3.32. The van der Waals surface area contributed by atoms with Crippen molar-refractivity contribution in [1.82, 2.24) is 10.3 Å². The van der Waals surface area contributed by atoms with Crippen molar-refractivity contribution in [3.63, 3.8) is 0 Å². The second-order valence-corrected chi connectivity index (χ2v) is 4.05. The lowest BCUT2D eigenvalue weighted by Crippen LogP contribution is -2.50. The first kappa shape index (κ1) is 8.48. The Morgan fingerprint density at radius 1 is 1.33 bits per heavy atom. The molecule has 2 unspecified atom stereocenters. The average molecular weight is 169 g/mol. The number of nitrogens with zero attached hydrogens (tertiary/aromatic N) is 1. The first-order valence-corrected chi connectivity index (χ1v) is 5.07. The zero-order chi connectivity index (χ0) is 8.55. The lowest BCUT2D eigenvalue weighted by molar-refractivity contribution is 0.124. The van der Waals surface area contributed by atoms with Gasteiger partial charge in [0.1, 0.15) is 0 Å². The van der Waals surface area contributed by atoms with Crippen LogP contribution in [0.15, 0.2) is 0 Å². The molecule has 2 rings (SSSR count). The molecule has 12 heavy (non-hydrogen) atoms. The zero-order valence-electron chi connectivity index (χ0n) is 7.79. The van der Waals surface area contributed by atoms with Gasteiger partial charge in [0.05, 0.1) is 0 Å². The molecule has 0 aromatic rings. The Morgan fingerprint density at radius 3 is 2.33 bits per heavy atom. The molecule has 2 saturated heterocycles. The maximum absolute atomic E-state index is 5.47. The fourth-order valence-corrected chi connectivity index (χ4v) is 2.93. The summed E-state index contributed by atoms with van der Waals surface area (Å²) in [6.07, 6.45) is 5.27. The zero-order valence-corrected chi connectivity index (χ0v) is 7.79. The van der Waals surface area contributed by atoms with Crippen molar-refractivity contribution < 1.29 is 0 Å². The predicted molar refractivity (Wildman–Crippen MR) is 49.5 cm³/mol. The van der Waals surface area contributed by atoms with E-state index >= 15 is 0 Å². The lowest BCUT2D eigenvalue weighted by atomic mass is 9.98. The SMILES string of the molecule is CCN1C2CCC1CC(NN)C2. The van der Waals surface area contributed by atoms with Crippen molar-refractivity contribution in [3.8, 4) is 0 Å². The molecule has 2 atom stereocenters. The van der Waals surface area contributed by atoms with E-state index in [9.17, 15) is 0 Å². The van der Waals surface area contributed by atoms with Gasteiger partial charge in [-0.05, 0) is 32.2 Å². The first-order valence-electron chi connectivity index (χ1n) is 5.07. The minimum absolute atomic E-state index is 0.574. The summed E-state index contributed by atoms with van der Waals surface area (Å²) in [6, 6.07) is 2.20. The van der Waals surface area contributed by atoms with Crippen molar-refractivity contribution in [1.29, 1.82) is 0 Å². The quantitative estimate of drug-likeness (QED) is 0.466. The van der Waals surface area contributed by atoms with Crippen molar-refractivity contribution in [2.24, 2.45) is 5.84 Å². The third-order valence-electron chi connectivity index (χ3n) is 3.49. The summed E-state index contributed by atoms with van der Waals surface area (Å²) in [5.74, 6) is 5.47. The summed E-state index contributed by atoms with van der Waals surface area (Å²) < 4.78 is 0. The van der Waals surface area contributed by atoms with Gasteiger partial charge in [0.25, 0.3) is 0 Å². The maximum atomic E-state index is 5.47. The number of nitrogens with one attached hydrogen (secondary N) is 1. The molecule has 2 heterocycles. The highest BCUT2D eigenvalue weighted by atomic mass is 15.3. The van der Waals surface area contributed by atoms with Crippen LogP contribution in [-0.2, 0) is 0 Å². The number of nitrogens with two attached hydrogens (primary N) is 1. The second-order valence-electron chi connectivity index (χ2n) is 4.05. The molecule has 3 heteroatoms. The normalized spacial score (nSPS) is 42.0. The highest BCUT2D eigenvalue weighted by Gasteiger charge is 2.39. The summed E-state index contributed by atoms with van der Waals surface area (Å²) in [7, 11) is 0. The third kappa shape index (κ3) is 1.26. The van der Waals surface area contributed by atoms with Gasteiger partial charge in [-0.15, -0.1) is 0 Å². The molecule has 2 aliphatic rings. The van der Waals surface area contributed by atoms with Crippen molar-refractivity contribution in [3.05, 3.63) is 0 Å². The van der Waals surface area contributed by atoms with Crippen LogP contribution in [0.2, 0.25) is 0 Å². The molecular formula is C9H19N3. The van der Waals surface area contributed by atoms with Crippen LogP contribution in [0, 0.1) is 0 Å². The van der Waals surface area contributed by atoms with Crippen molar-refractivity contribution >= 4 is 0 Å². The van der Waals surface area contributed by atoms with Crippen LogP contribution in [0.1, 0.15) is 32.6 Å². The van der Waals surface area contributed by atoms with Gasteiger partial charge in [-0.1, -0.05) is 6.92 Å². The molecule has 70 valence electrons. The van der Waals surface area contributed by atoms with Gasteiger partial charge >= 0.3 is 0 Å². The highest BCUT2D eigenvalue weighted by Crippen LogP contribution is 2.34. The Morgan fingerprint density at radius 2 is 1.92 bits per heavy atom. The molecule has 0 amide bonds. The third-order valence-corrected chi connectivity index (χ3v) is 3.49.